The van der Waals surface area contributed by atoms with Crippen LogP contribution >= 0.6 is 0 Å². The van der Waals surface area contributed by atoms with Gasteiger partial charge in [-0.15, -0.1) is 0 Å². The molecule has 0 N–H and O–H groups in total. The van der Waals surface area contributed by atoms with Crippen LogP contribution in [0.3, 0.4) is 0 Å². The molecular formula is C25H39N2O3. The molecule has 5 heteroatoms. The van der Waals surface area contributed by atoms with Crippen molar-refractivity contribution in [2.45, 2.75) is 39.0 Å². The molecule has 30 heavy (non-hydrogen) atoms. The van der Waals surface area contributed by atoms with Crippen molar-refractivity contribution in [3.05, 3.63) is 35.9 Å². The maximum absolute atomic E-state index is 13.7. The Bertz CT molecular complexity index is 631. The summed E-state index contributed by atoms with van der Waals surface area (Å²) in [7, 11) is 1.76. The molecule has 2 aliphatic heterocycles. The molecule has 3 rings (SSSR count). The Labute approximate surface area is 182 Å². The fraction of sp³-hybridized carbons (Fsp3) is 0.720. The molecule has 2 heterocycles. The highest BCUT2D eigenvalue weighted by Gasteiger charge is 2.42. The summed E-state index contributed by atoms with van der Waals surface area (Å²) in [5.74, 6) is 1.64. The van der Waals surface area contributed by atoms with E-state index in [1.54, 1.807) is 7.11 Å². The summed E-state index contributed by atoms with van der Waals surface area (Å²) in [6, 6.07) is 11.8. The van der Waals surface area contributed by atoms with Crippen LogP contribution in [0, 0.1) is 23.8 Å². The smallest absolute Gasteiger partial charge is 0.227 e. The Kier molecular flexibility index (Phi) is 9.16. The second kappa shape index (κ2) is 11.8. The van der Waals surface area contributed by atoms with Crippen LogP contribution in [0.5, 0.6) is 0 Å². The number of nitrogens with zero attached hydrogens (tertiary/aromatic N) is 2. The predicted octanol–water partition coefficient (Wildman–Crippen LogP) is 3.45. The molecule has 2 saturated heterocycles. The minimum atomic E-state index is 0.0387. The molecule has 0 spiro atoms. The quantitative estimate of drug-likeness (QED) is 0.580. The number of rotatable bonds is 9. The number of piperidine rings is 1. The number of unbranched alkanes of at least 4 members (excludes halogenated alkanes) is 1. The van der Waals surface area contributed by atoms with Gasteiger partial charge < -0.3 is 19.3 Å². The van der Waals surface area contributed by atoms with Gasteiger partial charge in [0.05, 0.1) is 19.1 Å². The summed E-state index contributed by atoms with van der Waals surface area (Å²) in [6.07, 6.45) is 3.21. The number of carbonyl (C=O) groups excluding carboxylic acids is 1. The fourth-order valence-electron chi connectivity index (χ4n) is 5.12. The van der Waals surface area contributed by atoms with Crippen molar-refractivity contribution in [3.8, 4) is 0 Å². The average Bonchev–Trinajstić information content (AvgIpc) is 2.77. The molecule has 0 aliphatic carbocycles. The number of hydrogen-bond acceptors (Lipinski definition) is 4. The number of amides is 1. The standard InChI is InChI=1S/C25H39N2O3/c1-20(2)17-26-18-23(21-9-5-4-6-10-21)22(11-7-8-14-29-3)24(19-26)25(28)27-12-15-30-16-13-27/h4-6,9,20,22-24H,7-8,11-19H2,1-3H3/t22?,23-,24+/m1/s1. The summed E-state index contributed by atoms with van der Waals surface area (Å²) in [6.45, 7) is 11.0. The van der Waals surface area contributed by atoms with E-state index < -0.39 is 0 Å². The summed E-state index contributed by atoms with van der Waals surface area (Å²) >= 11 is 0. The zero-order chi connectivity index (χ0) is 21.3. The van der Waals surface area contributed by atoms with Crippen LogP contribution in [0.2, 0.25) is 0 Å². The second-order valence-electron chi connectivity index (χ2n) is 9.23. The Morgan fingerprint density at radius 3 is 2.70 bits per heavy atom. The first-order chi connectivity index (χ1) is 14.6. The van der Waals surface area contributed by atoms with E-state index in [1.165, 1.54) is 5.56 Å². The normalized spacial score (nSPS) is 25.6. The van der Waals surface area contributed by atoms with Crippen molar-refractivity contribution in [1.82, 2.24) is 9.80 Å². The predicted molar refractivity (Wildman–Crippen MR) is 119 cm³/mol. The Hall–Kier alpha value is -1.43. The molecule has 1 unspecified atom stereocenters. The molecule has 1 amide bonds. The lowest BCUT2D eigenvalue weighted by molar-refractivity contribution is -0.144. The fourth-order valence-corrected chi connectivity index (χ4v) is 5.12. The summed E-state index contributed by atoms with van der Waals surface area (Å²) in [5.41, 5.74) is 1.25. The molecule has 0 saturated carbocycles. The molecule has 1 radical (unpaired) electrons. The molecule has 1 aromatic rings. The van der Waals surface area contributed by atoms with Crippen molar-refractivity contribution >= 4 is 5.91 Å². The molecular weight excluding hydrogens is 376 g/mol. The maximum atomic E-state index is 13.7. The Morgan fingerprint density at radius 1 is 1.23 bits per heavy atom. The van der Waals surface area contributed by atoms with Crippen molar-refractivity contribution < 1.29 is 14.3 Å². The van der Waals surface area contributed by atoms with Gasteiger partial charge in [0.1, 0.15) is 0 Å². The highest BCUT2D eigenvalue weighted by atomic mass is 16.5. The molecule has 2 fully saturated rings. The SMILES string of the molecule is COCCCCC1[C@@H](C(=O)N2CCOCC2)CN(CC(C)C)C[C@@H]1c1[c]cccc1. The molecule has 167 valence electrons. The number of benzene rings is 1. The van der Waals surface area contributed by atoms with Gasteiger partial charge in [0.2, 0.25) is 5.91 Å². The van der Waals surface area contributed by atoms with Gasteiger partial charge in [-0.2, -0.15) is 0 Å². The van der Waals surface area contributed by atoms with Crippen molar-refractivity contribution in [2.75, 3.05) is 59.7 Å². The maximum Gasteiger partial charge on any atom is 0.227 e. The van der Waals surface area contributed by atoms with Gasteiger partial charge in [-0.05, 0) is 36.3 Å². The lowest BCUT2D eigenvalue weighted by Crippen LogP contribution is -2.54. The Balaban J connectivity index is 1.85. The van der Waals surface area contributed by atoms with Crippen LogP contribution < -0.4 is 0 Å². The first kappa shape index (κ1) is 23.2. The molecule has 2 aliphatic rings. The van der Waals surface area contributed by atoms with E-state index in [0.717, 1.165) is 58.6 Å². The van der Waals surface area contributed by atoms with Crippen LogP contribution in [0.4, 0.5) is 0 Å². The van der Waals surface area contributed by atoms with Crippen molar-refractivity contribution in [2.24, 2.45) is 17.8 Å². The molecule has 0 aromatic heterocycles. The van der Waals surface area contributed by atoms with Crippen LogP contribution in [-0.2, 0) is 14.3 Å². The largest absolute Gasteiger partial charge is 0.385 e. The topological polar surface area (TPSA) is 42.0 Å². The van der Waals surface area contributed by atoms with Crippen LogP contribution in [0.1, 0.15) is 44.6 Å². The Morgan fingerprint density at radius 2 is 2.03 bits per heavy atom. The minimum absolute atomic E-state index is 0.0387. The number of methoxy groups -OCH3 is 1. The lowest BCUT2D eigenvalue weighted by Gasteiger charge is -2.46. The van der Waals surface area contributed by atoms with E-state index in [2.05, 4.69) is 36.9 Å². The van der Waals surface area contributed by atoms with Gasteiger partial charge in [-0.25, -0.2) is 0 Å². The third-order valence-electron chi connectivity index (χ3n) is 6.48. The highest BCUT2D eigenvalue weighted by Crippen LogP contribution is 2.40. The van der Waals surface area contributed by atoms with E-state index in [4.69, 9.17) is 9.47 Å². The van der Waals surface area contributed by atoms with Crippen LogP contribution in [0.15, 0.2) is 24.3 Å². The second-order valence-corrected chi connectivity index (χ2v) is 9.23. The molecule has 0 bridgehead atoms. The summed E-state index contributed by atoms with van der Waals surface area (Å²) in [4.78, 5) is 18.2. The van der Waals surface area contributed by atoms with E-state index in [9.17, 15) is 4.79 Å². The average molecular weight is 416 g/mol. The van der Waals surface area contributed by atoms with E-state index in [0.29, 0.717) is 36.9 Å². The van der Waals surface area contributed by atoms with E-state index in [1.807, 2.05) is 17.0 Å². The zero-order valence-corrected chi connectivity index (χ0v) is 19.0. The third-order valence-corrected chi connectivity index (χ3v) is 6.48. The minimum Gasteiger partial charge on any atom is -0.385 e. The number of likely N-dealkylation sites (tertiary alicyclic amines) is 1. The van der Waals surface area contributed by atoms with Crippen LogP contribution in [0.25, 0.3) is 0 Å². The first-order valence-electron chi connectivity index (χ1n) is 11.6. The monoisotopic (exact) mass is 415 g/mol. The number of hydrogen-bond donors (Lipinski definition) is 0. The van der Waals surface area contributed by atoms with Crippen molar-refractivity contribution in [1.29, 1.82) is 0 Å². The van der Waals surface area contributed by atoms with Gasteiger partial charge in [0, 0.05) is 52.4 Å². The van der Waals surface area contributed by atoms with E-state index >= 15 is 0 Å². The first-order valence-corrected chi connectivity index (χ1v) is 11.6. The highest BCUT2D eigenvalue weighted by molar-refractivity contribution is 5.80. The lowest BCUT2D eigenvalue weighted by atomic mass is 9.71. The summed E-state index contributed by atoms with van der Waals surface area (Å²) < 4.78 is 10.8. The van der Waals surface area contributed by atoms with Crippen LogP contribution in [-0.4, -0.2) is 75.4 Å². The molecule has 1 aromatic carbocycles. The molecule has 3 atom stereocenters. The van der Waals surface area contributed by atoms with E-state index in [-0.39, 0.29) is 5.92 Å². The zero-order valence-electron chi connectivity index (χ0n) is 19.0. The molecule has 5 nitrogen and oxygen atoms in total. The number of carbonyl (C=O) groups is 1. The van der Waals surface area contributed by atoms with Gasteiger partial charge in [0.15, 0.2) is 0 Å². The number of morpholine rings is 1. The van der Waals surface area contributed by atoms with Crippen molar-refractivity contribution in [3.63, 3.8) is 0 Å². The van der Waals surface area contributed by atoms with Gasteiger partial charge >= 0.3 is 0 Å². The van der Waals surface area contributed by atoms with Gasteiger partial charge in [-0.3, -0.25) is 4.79 Å². The van der Waals surface area contributed by atoms with Gasteiger partial charge in [-0.1, -0.05) is 44.5 Å². The van der Waals surface area contributed by atoms with Gasteiger partial charge in [0.25, 0.3) is 0 Å². The third kappa shape index (κ3) is 6.29. The summed E-state index contributed by atoms with van der Waals surface area (Å²) in [5, 5.41) is 0. The number of ether oxygens (including phenoxy) is 2.